The van der Waals surface area contributed by atoms with Crippen molar-refractivity contribution in [3.05, 3.63) is 0 Å². The Morgan fingerprint density at radius 3 is 2.45 bits per heavy atom. The summed E-state index contributed by atoms with van der Waals surface area (Å²) in [5, 5.41) is 9.33. The van der Waals surface area contributed by atoms with E-state index >= 15 is 0 Å². The standard InChI is InChI=1S/C14H24N2O3S/c15-10-14(5-3-1-2-4-6-14)13(19)16-7-8-20-9-11(16)12(17)18/h11H,1-10,15H2,(H,17,18). The molecule has 20 heavy (non-hydrogen) atoms. The normalized spacial score (nSPS) is 26.9. The lowest BCUT2D eigenvalue weighted by Crippen LogP contribution is -2.56. The zero-order chi connectivity index (χ0) is 14.6. The minimum Gasteiger partial charge on any atom is -0.480 e. The van der Waals surface area contributed by atoms with Crippen LogP contribution in [0.25, 0.3) is 0 Å². The maximum Gasteiger partial charge on any atom is 0.327 e. The van der Waals surface area contributed by atoms with Gasteiger partial charge in [-0.15, -0.1) is 0 Å². The number of thioether (sulfide) groups is 1. The van der Waals surface area contributed by atoms with E-state index in [-0.39, 0.29) is 5.91 Å². The molecule has 1 atom stereocenters. The van der Waals surface area contributed by atoms with Crippen LogP contribution in [0.5, 0.6) is 0 Å². The first-order valence-corrected chi connectivity index (χ1v) is 8.58. The number of rotatable bonds is 3. The third-order valence-corrected chi connectivity index (χ3v) is 5.60. The van der Waals surface area contributed by atoms with Gasteiger partial charge >= 0.3 is 5.97 Å². The molecule has 1 saturated heterocycles. The molecule has 0 radical (unpaired) electrons. The van der Waals surface area contributed by atoms with Gasteiger partial charge < -0.3 is 15.7 Å². The van der Waals surface area contributed by atoms with E-state index in [1.54, 1.807) is 16.7 Å². The monoisotopic (exact) mass is 300 g/mol. The van der Waals surface area contributed by atoms with Crippen LogP contribution in [0.4, 0.5) is 0 Å². The summed E-state index contributed by atoms with van der Waals surface area (Å²) < 4.78 is 0. The average Bonchev–Trinajstić information content (AvgIpc) is 2.72. The van der Waals surface area contributed by atoms with Crippen LogP contribution in [0.1, 0.15) is 38.5 Å². The zero-order valence-electron chi connectivity index (χ0n) is 11.8. The molecule has 2 aliphatic rings. The van der Waals surface area contributed by atoms with E-state index < -0.39 is 17.4 Å². The van der Waals surface area contributed by atoms with Crippen LogP contribution in [0, 0.1) is 5.41 Å². The molecule has 1 aliphatic carbocycles. The molecule has 0 aromatic carbocycles. The molecule has 114 valence electrons. The highest BCUT2D eigenvalue weighted by Gasteiger charge is 2.44. The number of hydrogen-bond donors (Lipinski definition) is 2. The minimum absolute atomic E-state index is 0.0189. The SMILES string of the molecule is NCC1(C(=O)N2CCSCC2C(=O)O)CCCCCC1. The molecule has 0 spiro atoms. The molecule has 0 aromatic rings. The quantitative estimate of drug-likeness (QED) is 0.768. The molecule has 0 aromatic heterocycles. The first-order chi connectivity index (χ1) is 9.60. The minimum atomic E-state index is -0.897. The Kier molecular flexibility index (Phi) is 5.32. The van der Waals surface area contributed by atoms with E-state index in [9.17, 15) is 14.7 Å². The van der Waals surface area contributed by atoms with E-state index in [4.69, 9.17) is 5.73 Å². The van der Waals surface area contributed by atoms with Crippen LogP contribution >= 0.6 is 11.8 Å². The molecule has 1 unspecified atom stereocenters. The number of aliphatic carboxylic acids is 1. The smallest absolute Gasteiger partial charge is 0.327 e. The largest absolute Gasteiger partial charge is 0.480 e. The van der Waals surface area contributed by atoms with Crippen LogP contribution in [0.15, 0.2) is 0 Å². The molecule has 1 amide bonds. The number of carbonyl (C=O) groups is 2. The van der Waals surface area contributed by atoms with Crippen LogP contribution in [0.2, 0.25) is 0 Å². The summed E-state index contributed by atoms with van der Waals surface area (Å²) in [7, 11) is 0. The summed E-state index contributed by atoms with van der Waals surface area (Å²) in [6.45, 7) is 0.865. The van der Waals surface area contributed by atoms with Crippen molar-refractivity contribution in [1.82, 2.24) is 4.90 Å². The highest BCUT2D eigenvalue weighted by Crippen LogP contribution is 2.37. The Morgan fingerprint density at radius 2 is 1.90 bits per heavy atom. The molecule has 6 heteroatoms. The maximum absolute atomic E-state index is 12.9. The van der Waals surface area contributed by atoms with Gasteiger partial charge in [0.2, 0.25) is 5.91 Å². The van der Waals surface area contributed by atoms with Crippen molar-refractivity contribution in [3.63, 3.8) is 0 Å². The highest BCUT2D eigenvalue weighted by atomic mass is 32.2. The second-order valence-electron chi connectivity index (χ2n) is 5.83. The average molecular weight is 300 g/mol. The number of nitrogens with two attached hydrogens (primary N) is 1. The van der Waals surface area contributed by atoms with Crippen LogP contribution in [0.3, 0.4) is 0 Å². The van der Waals surface area contributed by atoms with Gasteiger partial charge in [0.05, 0.1) is 5.41 Å². The lowest BCUT2D eigenvalue weighted by atomic mass is 9.78. The lowest BCUT2D eigenvalue weighted by molar-refractivity contribution is -0.154. The molecule has 1 saturated carbocycles. The topological polar surface area (TPSA) is 83.6 Å². The number of amides is 1. The molecular weight excluding hydrogens is 276 g/mol. The number of carboxylic acids is 1. The number of hydrogen-bond acceptors (Lipinski definition) is 4. The molecule has 2 rings (SSSR count). The van der Waals surface area contributed by atoms with Gasteiger partial charge in [0, 0.05) is 24.6 Å². The van der Waals surface area contributed by atoms with Gasteiger partial charge in [-0.25, -0.2) is 4.79 Å². The number of carboxylic acid groups (broad SMARTS) is 1. The Labute approximate surface area is 124 Å². The summed E-state index contributed by atoms with van der Waals surface area (Å²) >= 11 is 1.60. The van der Waals surface area contributed by atoms with Crippen molar-refractivity contribution < 1.29 is 14.7 Å². The molecule has 5 nitrogen and oxygen atoms in total. The van der Waals surface area contributed by atoms with Crippen molar-refractivity contribution in [3.8, 4) is 0 Å². The second-order valence-corrected chi connectivity index (χ2v) is 6.98. The maximum atomic E-state index is 12.9. The van der Waals surface area contributed by atoms with Crippen LogP contribution in [-0.4, -0.2) is 52.5 Å². The van der Waals surface area contributed by atoms with Gasteiger partial charge in [-0.3, -0.25) is 4.79 Å². The molecule has 1 aliphatic heterocycles. The number of carbonyl (C=O) groups excluding carboxylic acids is 1. The van der Waals surface area contributed by atoms with E-state index in [1.165, 1.54) is 0 Å². The van der Waals surface area contributed by atoms with E-state index in [0.717, 1.165) is 44.3 Å². The summed E-state index contributed by atoms with van der Waals surface area (Å²) in [5.74, 6) is 0.388. The zero-order valence-corrected chi connectivity index (χ0v) is 12.7. The van der Waals surface area contributed by atoms with Crippen molar-refractivity contribution in [2.24, 2.45) is 11.1 Å². The van der Waals surface area contributed by atoms with Gasteiger partial charge in [0.25, 0.3) is 0 Å². The Balaban J connectivity index is 2.19. The van der Waals surface area contributed by atoms with E-state index in [1.807, 2.05) is 0 Å². The molecule has 0 bridgehead atoms. The fraction of sp³-hybridized carbons (Fsp3) is 0.857. The Hall–Kier alpha value is -0.750. The molecule has 3 N–H and O–H groups in total. The van der Waals surface area contributed by atoms with Crippen molar-refractivity contribution in [1.29, 1.82) is 0 Å². The van der Waals surface area contributed by atoms with E-state index in [2.05, 4.69) is 0 Å². The predicted octanol–water partition coefficient (Wildman–Crippen LogP) is 1.31. The summed E-state index contributed by atoms with van der Waals surface area (Å²) in [4.78, 5) is 25.9. The van der Waals surface area contributed by atoms with Gasteiger partial charge in [-0.05, 0) is 12.8 Å². The van der Waals surface area contributed by atoms with Crippen LogP contribution < -0.4 is 5.73 Å². The summed E-state index contributed by atoms with van der Waals surface area (Å²) in [6, 6.07) is -0.687. The van der Waals surface area contributed by atoms with Gasteiger partial charge in [0.15, 0.2) is 0 Å². The molecule has 1 heterocycles. The summed E-state index contributed by atoms with van der Waals surface area (Å²) in [6.07, 6.45) is 5.93. The van der Waals surface area contributed by atoms with Crippen molar-refractivity contribution in [2.75, 3.05) is 24.6 Å². The van der Waals surface area contributed by atoms with Gasteiger partial charge in [-0.2, -0.15) is 11.8 Å². The lowest BCUT2D eigenvalue weighted by Gasteiger charge is -2.40. The molecule has 2 fully saturated rings. The van der Waals surface area contributed by atoms with Gasteiger partial charge in [0.1, 0.15) is 6.04 Å². The Bertz CT molecular complexity index is 367. The third-order valence-electron chi connectivity index (χ3n) is 4.58. The first kappa shape index (κ1) is 15.6. The van der Waals surface area contributed by atoms with Gasteiger partial charge in [-0.1, -0.05) is 25.7 Å². The van der Waals surface area contributed by atoms with E-state index in [0.29, 0.717) is 18.8 Å². The summed E-state index contributed by atoms with van der Waals surface area (Å²) in [5.41, 5.74) is 5.42. The van der Waals surface area contributed by atoms with Crippen molar-refractivity contribution in [2.45, 2.75) is 44.6 Å². The van der Waals surface area contributed by atoms with Crippen molar-refractivity contribution >= 4 is 23.6 Å². The third kappa shape index (κ3) is 3.11. The highest BCUT2D eigenvalue weighted by molar-refractivity contribution is 7.99. The second kappa shape index (κ2) is 6.80. The van der Waals surface area contributed by atoms with Crippen LogP contribution in [-0.2, 0) is 9.59 Å². The Morgan fingerprint density at radius 1 is 1.25 bits per heavy atom. The predicted molar refractivity (Wildman–Crippen MR) is 79.7 cm³/mol. The fourth-order valence-corrected chi connectivity index (χ4v) is 4.30. The first-order valence-electron chi connectivity index (χ1n) is 7.42. The number of nitrogens with zero attached hydrogens (tertiary/aromatic N) is 1. The fourth-order valence-electron chi connectivity index (χ4n) is 3.27. The molecular formula is C14H24N2O3S.